The molecule has 0 saturated heterocycles. The minimum atomic E-state index is -1.08. The summed E-state index contributed by atoms with van der Waals surface area (Å²) in [5.74, 6) is -1.25. The fourth-order valence-corrected chi connectivity index (χ4v) is 7.33. The molecule has 1 aromatic carbocycles. The molecule has 4 heterocycles. The number of nitrogens with zero attached hydrogens (tertiary/aromatic N) is 5. The van der Waals surface area contributed by atoms with Gasteiger partial charge in [-0.2, -0.15) is 0 Å². The summed E-state index contributed by atoms with van der Waals surface area (Å²) in [7, 11) is 3.27. The molecule has 0 fully saturated rings. The molecular formula is C52H72N5O14Y. The SMILES string of the molecule is CC(=O)[O-].CC(=O)[O-].CCc1c(CC)c2cc3nc(cnc4cc(OCCOCCOCCOC)c(OCCOCCOCCOC)cc4ncc4nc(cc1[n-]2)C(CCCO)=C4C)C(C)=C3CCCO.[Y+3]. The van der Waals surface area contributed by atoms with Gasteiger partial charge in [0.15, 0.2) is 11.5 Å². The number of aryl methyl sites for hydroxylation is 2. The smallest absolute Gasteiger partial charge is 0.657 e. The average molecular weight is 1080 g/mol. The first-order chi connectivity index (χ1) is 34.3. The van der Waals surface area contributed by atoms with Crippen molar-refractivity contribution in [2.24, 2.45) is 0 Å². The van der Waals surface area contributed by atoms with Gasteiger partial charge in [-0.1, -0.05) is 37.1 Å². The molecule has 3 aromatic rings. The van der Waals surface area contributed by atoms with Gasteiger partial charge in [0.1, 0.15) is 13.2 Å². The summed E-state index contributed by atoms with van der Waals surface area (Å²) in [4.78, 5) is 43.2. The molecule has 5 rings (SSSR count). The maximum atomic E-state index is 9.85. The molecule has 6 bridgehead atoms. The Morgan fingerprint density at radius 3 is 1.21 bits per heavy atom. The van der Waals surface area contributed by atoms with Crippen LogP contribution in [0.3, 0.4) is 0 Å². The number of hydrogen-bond acceptors (Lipinski definition) is 18. The Labute approximate surface area is 448 Å². The predicted octanol–water partition coefficient (Wildman–Crippen LogP) is 4.13. The molecule has 0 unspecified atom stereocenters. The van der Waals surface area contributed by atoms with Crippen LogP contribution in [0.5, 0.6) is 11.5 Å². The second-order valence-corrected chi connectivity index (χ2v) is 15.9. The Kier molecular flexibility index (Phi) is 32.1. The number of aromatic nitrogens is 5. The molecule has 2 N–H and O–H groups in total. The van der Waals surface area contributed by atoms with Crippen molar-refractivity contribution in [2.75, 3.05) is 107 Å². The summed E-state index contributed by atoms with van der Waals surface area (Å²) in [6.45, 7) is 15.4. The Morgan fingerprint density at radius 2 is 0.889 bits per heavy atom. The monoisotopic (exact) mass is 1080 g/mol. The Balaban J connectivity index is 0.00000183. The summed E-state index contributed by atoms with van der Waals surface area (Å²) in [6, 6.07) is 7.78. The molecule has 0 spiro atoms. The second-order valence-electron chi connectivity index (χ2n) is 15.9. The number of hydrogen-bond donors (Lipinski definition) is 2. The van der Waals surface area contributed by atoms with Gasteiger partial charge < -0.3 is 72.9 Å². The average Bonchev–Trinajstić information content (AvgIpc) is 3.94. The first kappa shape index (κ1) is 63.6. The van der Waals surface area contributed by atoms with Gasteiger partial charge in [0, 0.05) is 51.5 Å². The van der Waals surface area contributed by atoms with Crippen molar-refractivity contribution in [1.29, 1.82) is 0 Å². The van der Waals surface area contributed by atoms with E-state index in [2.05, 4.69) is 26.0 Å². The van der Waals surface area contributed by atoms with Crippen molar-refractivity contribution >= 4 is 56.3 Å². The zero-order chi connectivity index (χ0) is 52.0. The minimum Gasteiger partial charge on any atom is -0.657 e. The number of carboxylic acid groups (broad SMARTS) is 2. The first-order valence-corrected chi connectivity index (χ1v) is 23.9. The number of methoxy groups -OCH3 is 2. The number of carboxylic acids is 2. The number of fused-ring (bicyclic) bond motifs is 7. The molecular weight excluding hydrogens is 1010 g/mol. The van der Waals surface area contributed by atoms with E-state index in [9.17, 15) is 10.2 Å². The van der Waals surface area contributed by atoms with Crippen LogP contribution >= 0.6 is 0 Å². The maximum Gasteiger partial charge on any atom is 3.00 e. The van der Waals surface area contributed by atoms with Crippen LogP contribution in [0.4, 0.5) is 0 Å². The fourth-order valence-electron chi connectivity index (χ4n) is 7.33. The van der Waals surface area contributed by atoms with Crippen LogP contribution in [0, 0.1) is 0 Å². The van der Waals surface area contributed by atoms with Crippen molar-refractivity contribution in [3.63, 3.8) is 0 Å². The van der Waals surface area contributed by atoms with E-state index in [-0.39, 0.29) is 59.1 Å². The summed E-state index contributed by atoms with van der Waals surface area (Å²) in [6.07, 6.45) is 7.61. The van der Waals surface area contributed by atoms with E-state index in [1.165, 1.54) is 11.1 Å². The topological polar surface area (TPSA) is 260 Å². The van der Waals surface area contributed by atoms with E-state index >= 15 is 0 Å². The van der Waals surface area contributed by atoms with Crippen molar-refractivity contribution in [1.82, 2.24) is 24.9 Å². The van der Waals surface area contributed by atoms with Crippen molar-refractivity contribution in [3.05, 3.63) is 70.6 Å². The van der Waals surface area contributed by atoms with Crippen LogP contribution in [0.25, 0.3) is 44.4 Å². The summed E-state index contributed by atoms with van der Waals surface area (Å²) < 4.78 is 45.3. The molecule has 392 valence electrons. The summed E-state index contributed by atoms with van der Waals surface area (Å²) in [5, 5.41) is 37.5. The molecule has 2 aromatic heterocycles. The van der Waals surface area contributed by atoms with Gasteiger partial charge in [0.2, 0.25) is 0 Å². The quantitative estimate of drug-likeness (QED) is 0.0969. The molecule has 2 aliphatic rings. The Morgan fingerprint density at radius 1 is 0.556 bits per heavy atom. The van der Waals surface area contributed by atoms with Gasteiger partial charge >= 0.3 is 32.7 Å². The normalized spacial score (nSPS) is 11.8. The number of benzene rings is 1. The van der Waals surface area contributed by atoms with E-state index in [0.29, 0.717) is 126 Å². The molecule has 19 nitrogen and oxygen atoms in total. The zero-order valence-electron chi connectivity index (χ0n) is 43.2. The third kappa shape index (κ3) is 21.9. The second kappa shape index (κ2) is 36.4. The first-order valence-electron chi connectivity index (χ1n) is 23.9. The standard InChI is InChI=1S/C48H66N5O10.2C2H4O2.Y/c1-7-35-36(8-2)40-28-42-38(12-10-14-55)34(4)46(53-42)32-50-44-30-48(63-26-24-61-22-20-59-18-16-57-6)47(62-25-23-60-21-19-58-17-15-56-5)29-43(44)49-31-45-33(3)37(11-9-13-54)41(52-45)27-39(35)51-40;2*1-2(3)4;/h27-32,54-55H,7-26H2,1-6H3;2*1H3,(H,3,4);/q-1;;;+3/p-2. The molecule has 0 atom stereocenters. The van der Waals surface area contributed by atoms with Gasteiger partial charge in [0.05, 0.1) is 112 Å². The van der Waals surface area contributed by atoms with Gasteiger partial charge in [-0.3, -0.25) is 9.97 Å². The van der Waals surface area contributed by atoms with Crippen LogP contribution in [-0.4, -0.2) is 149 Å². The largest absolute Gasteiger partial charge is 3.00 e. The van der Waals surface area contributed by atoms with Gasteiger partial charge in [-0.25, -0.2) is 9.97 Å². The van der Waals surface area contributed by atoms with E-state index in [0.717, 1.165) is 71.4 Å². The van der Waals surface area contributed by atoms with Crippen LogP contribution in [0.1, 0.15) is 101 Å². The summed E-state index contributed by atoms with van der Waals surface area (Å²) in [5.41, 5.74) is 12.2. The maximum absolute atomic E-state index is 9.85. The van der Waals surface area contributed by atoms with E-state index in [1.54, 1.807) is 26.6 Å². The van der Waals surface area contributed by atoms with Gasteiger partial charge in [-0.05, 0) is 88.5 Å². The number of ether oxygens (including phenoxy) is 8. The van der Waals surface area contributed by atoms with Crippen molar-refractivity contribution in [3.8, 4) is 11.5 Å². The summed E-state index contributed by atoms with van der Waals surface area (Å²) >= 11 is 0. The van der Waals surface area contributed by atoms with Crippen LogP contribution in [-0.2, 0) is 83.6 Å². The third-order valence-electron chi connectivity index (χ3n) is 10.7. The molecule has 0 aliphatic carbocycles. The number of aliphatic hydroxyl groups excluding tert-OH is 2. The van der Waals surface area contributed by atoms with Gasteiger partial charge in [0.25, 0.3) is 0 Å². The zero-order valence-corrected chi connectivity index (χ0v) is 46.1. The number of carbonyl (C=O) groups is 2. The Bertz CT molecular complexity index is 2240. The fraction of sp³-hybridized carbons (Fsp3) is 0.538. The number of allylic oxidation sites excluding steroid dienone is 4. The molecule has 0 saturated carbocycles. The van der Waals surface area contributed by atoms with E-state index in [4.69, 9.17) is 82.6 Å². The van der Waals surface area contributed by atoms with Crippen molar-refractivity contribution in [2.45, 2.75) is 80.1 Å². The minimum absolute atomic E-state index is 0. The Hall–Kier alpha value is -4.54. The number of aliphatic hydroxyl groups is 2. The van der Waals surface area contributed by atoms with Gasteiger partial charge in [-0.15, -0.1) is 11.0 Å². The third-order valence-corrected chi connectivity index (χ3v) is 10.7. The molecule has 0 amide bonds. The molecule has 20 heteroatoms. The van der Waals surface area contributed by atoms with Crippen LogP contribution < -0.4 is 24.7 Å². The van der Waals surface area contributed by atoms with Crippen LogP contribution in [0.2, 0.25) is 0 Å². The van der Waals surface area contributed by atoms with E-state index < -0.39 is 11.9 Å². The molecule has 72 heavy (non-hydrogen) atoms. The van der Waals surface area contributed by atoms with E-state index in [1.807, 2.05) is 26.0 Å². The van der Waals surface area contributed by atoms with Crippen molar-refractivity contribution < 1.29 is 101 Å². The predicted molar refractivity (Wildman–Crippen MR) is 266 cm³/mol. The number of aliphatic carboxylic acids is 2. The van der Waals surface area contributed by atoms with Crippen LogP contribution in [0.15, 0.2) is 36.7 Å². The number of carbonyl (C=O) groups excluding carboxylic acids is 2. The molecule has 0 radical (unpaired) electrons. The number of rotatable bonds is 28. The molecule has 2 aliphatic heterocycles.